The standard InChI is InChI=1S/C5H11.C3H8O.Ta/c1-3-5-4-2;1-2-3-4;/h1,3-5H2,2H3;4H,2-3H2,1H3;/q-1;;. The van der Waals surface area contributed by atoms with Gasteiger partial charge in [0.2, 0.25) is 0 Å². The Hall–Kier alpha value is 0.700. The van der Waals surface area contributed by atoms with Crippen molar-refractivity contribution in [3.8, 4) is 0 Å². The predicted molar refractivity (Wildman–Crippen MR) is 42.3 cm³/mol. The molecule has 0 saturated heterocycles. The summed E-state index contributed by atoms with van der Waals surface area (Å²) in [5.74, 6) is 0. The van der Waals surface area contributed by atoms with Gasteiger partial charge in [-0.2, -0.15) is 6.42 Å². The van der Waals surface area contributed by atoms with Crippen molar-refractivity contribution >= 4 is 0 Å². The zero-order valence-corrected chi connectivity index (χ0v) is 10.4. The Labute approximate surface area is 80.7 Å². The van der Waals surface area contributed by atoms with E-state index in [1.807, 2.05) is 6.92 Å². The Morgan fingerprint density at radius 2 is 1.60 bits per heavy atom. The van der Waals surface area contributed by atoms with E-state index in [1.165, 1.54) is 12.8 Å². The molecular weight excluding hydrogens is 293 g/mol. The van der Waals surface area contributed by atoms with E-state index in [4.69, 9.17) is 5.11 Å². The zero-order valence-electron chi connectivity index (χ0n) is 7.14. The molecule has 0 rings (SSSR count). The molecule has 0 aliphatic heterocycles. The second-order valence-corrected chi connectivity index (χ2v) is 1.93. The predicted octanol–water partition coefficient (Wildman–Crippen LogP) is 2.40. The summed E-state index contributed by atoms with van der Waals surface area (Å²) >= 11 is 0. The van der Waals surface area contributed by atoms with Crippen LogP contribution in [0.25, 0.3) is 0 Å². The van der Waals surface area contributed by atoms with E-state index >= 15 is 0 Å². The molecule has 0 aliphatic carbocycles. The van der Waals surface area contributed by atoms with Crippen molar-refractivity contribution in [1.29, 1.82) is 0 Å². The Morgan fingerprint density at radius 1 is 1.20 bits per heavy atom. The fraction of sp³-hybridized carbons (Fsp3) is 0.875. The van der Waals surface area contributed by atoms with Gasteiger partial charge in [0.15, 0.2) is 0 Å². The third-order valence-electron chi connectivity index (χ3n) is 0.827. The third-order valence-corrected chi connectivity index (χ3v) is 0.827. The van der Waals surface area contributed by atoms with Gasteiger partial charge in [-0.25, -0.2) is 0 Å². The van der Waals surface area contributed by atoms with E-state index in [-0.39, 0.29) is 22.4 Å². The van der Waals surface area contributed by atoms with Crippen LogP contribution in [-0.4, -0.2) is 11.7 Å². The van der Waals surface area contributed by atoms with Gasteiger partial charge in [-0.3, -0.25) is 0 Å². The molecule has 1 N–H and O–H groups in total. The second-order valence-electron chi connectivity index (χ2n) is 1.93. The Morgan fingerprint density at radius 3 is 1.60 bits per heavy atom. The zero-order chi connectivity index (χ0) is 7.54. The number of aliphatic hydroxyl groups is 1. The average Bonchev–Trinajstić information content (AvgIpc) is 1.91. The smallest absolute Gasteiger partial charge is 0.0428 e. The molecule has 0 fully saturated rings. The molecule has 0 unspecified atom stereocenters. The first kappa shape index (κ1) is 17.0. The number of hydrogen-bond donors (Lipinski definition) is 1. The summed E-state index contributed by atoms with van der Waals surface area (Å²) in [6.45, 7) is 8.10. The van der Waals surface area contributed by atoms with Gasteiger partial charge in [-0.1, -0.05) is 26.7 Å². The maximum Gasteiger partial charge on any atom is 0.0428 e. The molecule has 0 aromatic heterocycles. The minimum Gasteiger partial charge on any atom is -0.396 e. The summed E-state index contributed by atoms with van der Waals surface area (Å²) in [4.78, 5) is 0. The molecule has 63 valence electrons. The van der Waals surface area contributed by atoms with Gasteiger partial charge < -0.3 is 12.0 Å². The molecule has 0 spiro atoms. The van der Waals surface area contributed by atoms with E-state index in [9.17, 15) is 0 Å². The summed E-state index contributed by atoms with van der Waals surface area (Å²) in [5, 5.41) is 7.88. The minimum absolute atomic E-state index is 0. The quantitative estimate of drug-likeness (QED) is 0.794. The molecule has 0 saturated carbocycles. The van der Waals surface area contributed by atoms with Gasteiger partial charge in [0, 0.05) is 29.0 Å². The maximum atomic E-state index is 7.88. The Kier molecular flexibility index (Phi) is 38.4. The normalized spacial score (nSPS) is 7.20. The van der Waals surface area contributed by atoms with Gasteiger partial charge in [0.1, 0.15) is 0 Å². The Balaban J connectivity index is -0.0000000910. The van der Waals surface area contributed by atoms with E-state index < -0.39 is 0 Å². The van der Waals surface area contributed by atoms with Crippen molar-refractivity contribution in [3.63, 3.8) is 0 Å². The van der Waals surface area contributed by atoms with Crippen LogP contribution in [0.4, 0.5) is 0 Å². The number of hydrogen-bond acceptors (Lipinski definition) is 1. The number of unbranched alkanes of at least 4 members (excludes halogenated alkanes) is 2. The van der Waals surface area contributed by atoms with Crippen LogP contribution in [0.15, 0.2) is 0 Å². The van der Waals surface area contributed by atoms with Gasteiger partial charge in [0.05, 0.1) is 0 Å². The first-order valence-corrected chi connectivity index (χ1v) is 3.73. The molecule has 1 radical (unpaired) electrons. The van der Waals surface area contributed by atoms with Crippen LogP contribution in [0.2, 0.25) is 0 Å². The summed E-state index contributed by atoms with van der Waals surface area (Å²) < 4.78 is 0. The molecule has 0 aromatic rings. The average molecular weight is 312 g/mol. The second kappa shape index (κ2) is 22.6. The maximum absolute atomic E-state index is 7.88. The van der Waals surface area contributed by atoms with Gasteiger partial charge >= 0.3 is 0 Å². The van der Waals surface area contributed by atoms with Crippen LogP contribution >= 0.6 is 0 Å². The first-order chi connectivity index (χ1) is 4.33. The molecule has 2 heteroatoms. The molecule has 1 nitrogen and oxygen atoms in total. The van der Waals surface area contributed by atoms with Crippen LogP contribution < -0.4 is 0 Å². The van der Waals surface area contributed by atoms with Crippen molar-refractivity contribution in [2.75, 3.05) is 6.61 Å². The SMILES string of the molecule is CCCO.[CH2-]CCCC.[Ta]. The van der Waals surface area contributed by atoms with E-state index in [0.29, 0.717) is 6.61 Å². The monoisotopic (exact) mass is 312 g/mol. The summed E-state index contributed by atoms with van der Waals surface area (Å²) in [7, 11) is 0. The van der Waals surface area contributed by atoms with Gasteiger partial charge in [0.25, 0.3) is 0 Å². The largest absolute Gasteiger partial charge is 0.396 e. The number of aliphatic hydroxyl groups excluding tert-OH is 1. The molecule has 0 atom stereocenters. The fourth-order valence-electron chi connectivity index (χ4n) is 0.250. The summed E-state index contributed by atoms with van der Waals surface area (Å²) in [6, 6.07) is 0. The molecule has 0 aliphatic rings. The van der Waals surface area contributed by atoms with Gasteiger partial charge in [-0.05, 0) is 6.42 Å². The molecule has 0 bridgehead atoms. The van der Waals surface area contributed by atoms with Crippen molar-refractivity contribution in [2.24, 2.45) is 0 Å². The number of rotatable bonds is 3. The first-order valence-electron chi connectivity index (χ1n) is 3.73. The van der Waals surface area contributed by atoms with Crippen LogP contribution in [0.1, 0.15) is 39.5 Å². The Bertz CT molecular complexity index is 28.4. The van der Waals surface area contributed by atoms with Crippen molar-refractivity contribution in [2.45, 2.75) is 39.5 Å². The fourth-order valence-corrected chi connectivity index (χ4v) is 0.250. The topological polar surface area (TPSA) is 20.2 Å². The molecule has 0 amide bonds. The van der Waals surface area contributed by atoms with Crippen molar-refractivity contribution < 1.29 is 27.5 Å². The van der Waals surface area contributed by atoms with E-state index in [1.54, 1.807) is 0 Å². The van der Waals surface area contributed by atoms with E-state index in [0.717, 1.165) is 12.8 Å². The minimum atomic E-state index is 0. The molecule has 0 aromatic carbocycles. The van der Waals surface area contributed by atoms with Crippen molar-refractivity contribution in [1.82, 2.24) is 0 Å². The van der Waals surface area contributed by atoms with Crippen LogP contribution in [0.5, 0.6) is 0 Å². The third kappa shape index (κ3) is 37.7. The molecule has 10 heavy (non-hydrogen) atoms. The molecule has 0 heterocycles. The van der Waals surface area contributed by atoms with Crippen LogP contribution in [0.3, 0.4) is 0 Å². The van der Waals surface area contributed by atoms with E-state index in [2.05, 4.69) is 13.8 Å². The summed E-state index contributed by atoms with van der Waals surface area (Å²) in [5.41, 5.74) is 0. The summed E-state index contributed by atoms with van der Waals surface area (Å²) in [6.07, 6.45) is 4.53. The van der Waals surface area contributed by atoms with Gasteiger partial charge in [-0.15, -0.1) is 0 Å². The molecular formula is C8H19OTa-. The van der Waals surface area contributed by atoms with Crippen molar-refractivity contribution in [3.05, 3.63) is 6.92 Å². The van der Waals surface area contributed by atoms with Crippen LogP contribution in [0, 0.1) is 6.92 Å². The van der Waals surface area contributed by atoms with Crippen LogP contribution in [-0.2, 0) is 22.4 Å².